The highest BCUT2D eigenvalue weighted by molar-refractivity contribution is 7.99. The zero-order chi connectivity index (χ0) is 13.2. The Bertz CT molecular complexity index is 230. The lowest BCUT2D eigenvalue weighted by Crippen LogP contribution is -2.36. The molecule has 1 atom stereocenters. The first kappa shape index (κ1) is 15.8. The number of carbonyl (C=O) groups is 1. The largest absolute Gasteiger partial charge is 0.342 e. The number of carbonyl (C=O) groups excluding carboxylic acids is 1. The minimum Gasteiger partial charge on any atom is -0.342 e. The Hall–Kier alpha value is -0.220. The van der Waals surface area contributed by atoms with Gasteiger partial charge < -0.3 is 10.2 Å². The van der Waals surface area contributed by atoms with Crippen LogP contribution in [0.15, 0.2) is 0 Å². The molecule has 0 aromatic heterocycles. The predicted octanol–water partition coefficient (Wildman–Crippen LogP) is 2.51. The van der Waals surface area contributed by atoms with Gasteiger partial charge in [0.25, 0.3) is 0 Å². The first-order chi connectivity index (χ1) is 8.74. The number of hydrogen-bond acceptors (Lipinski definition) is 3. The fraction of sp³-hybridized carbons (Fsp3) is 0.929. The van der Waals surface area contributed by atoms with Crippen molar-refractivity contribution in [3.63, 3.8) is 0 Å². The molecule has 0 aromatic rings. The normalized spacial score (nSPS) is 17.8. The van der Waals surface area contributed by atoms with E-state index in [-0.39, 0.29) is 0 Å². The smallest absolute Gasteiger partial charge is 0.232 e. The van der Waals surface area contributed by atoms with Gasteiger partial charge >= 0.3 is 0 Å². The van der Waals surface area contributed by atoms with Crippen LogP contribution in [0.4, 0.5) is 0 Å². The van der Waals surface area contributed by atoms with Crippen molar-refractivity contribution < 1.29 is 4.79 Å². The zero-order valence-electron chi connectivity index (χ0n) is 11.9. The maximum Gasteiger partial charge on any atom is 0.232 e. The first-order valence-electron chi connectivity index (χ1n) is 7.27. The molecule has 18 heavy (non-hydrogen) atoms. The monoisotopic (exact) mass is 272 g/mol. The Morgan fingerprint density at radius 1 is 1.28 bits per heavy atom. The fourth-order valence-corrected chi connectivity index (χ4v) is 3.10. The van der Waals surface area contributed by atoms with E-state index >= 15 is 0 Å². The highest BCUT2D eigenvalue weighted by atomic mass is 32.2. The van der Waals surface area contributed by atoms with Crippen LogP contribution >= 0.6 is 11.8 Å². The summed E-state index contributed by atoms with van der Waals surface area (Å²) in [6.45, 7) is 4.19. The summed E-state index contributed by atoms with van der Waals surface area (Å²) < 4.78 is 0. The summed E-state index contributed by atoms with van der Waals surface area (Å²) in [4.78, 5) is 13.9. The van der Waals surface area contributed by atoms with Crippen molar-refractivity contribution in [2.75, 3.05) is 31.6 Å². The van der Waals surface area contributed by atoms with E-state index in [1.807, 2.05) is 11.9 Å². The number of rotatable bonds is 8. The van der Waals surface area contributed by atoms with E-state index in [1.165, 1.54) is 38.5 Å². The van der Waals surface area contributed by atoms with Crippen LogP contribution in [-0.2, 0) is 4.79 Å². The molecule has 0 spiro atoms. The minimum atomic E-state index is 0.350. The molecule has 1 aliphatic rings. The van der Waals surface area contributed by atoms with Gasteiger partial charge in [-0.25, -0.2) is 0 Å². The number of amides is 1. The predicted molar refractivity (Wildman–Crippen MR) is 80.1 cm³/mol. The van der Waals surface area contributed by atoms with Crippen LogP contribution in [-0.4, -0.2) is 48.5 Å². The summed E-state index contributed by atoms with van der Waals surface area (Å²) in [5.41, 5.74) is 0. The Balaban J connectivity index is 1.95. The molecule has 0 radical (unpaired) electrons. The molecule has 1 rings (SSSR count). The van der Waals surface area contributed by atoms with Crippen molar-refractivity contribution in [1.29, 1.82) is 0 Å². The summed E-state index contributed by atoms with van der Waals surface area (Å²) >= 11 is 1.80. The van der Waals surface area contributed by atoms with Crippen molar-refractivity contribution >= 4 is 17.7 Å². The minimum absolute atomic E-state index is 0.350. The molecule has 1 saturated heterocycles. The molecule has 1 fully saturated rings. The van der Waals surface area contributed by atoms with E-state index < -0.39 is 0 Å². The average Bonchev–Trinajstić information content (AvgIpc) is 2.43. The lowest BCUT2D eigenvalue weighted by Gasteiger charge is -2.26. The molecule has 106 valence electrons. The topological polar surface area (TPSA) is 32.3 Å². The standard InChI is InChI=1S/C14H28N2OS/c1-13(15-2)8-4-7-11-18-12-14(17)16-9-5-3-6-10-16/h13,15H,3-12H2,1-2H3. The Labute approximate surface area is 116 Å². The summed E-state index contributed by atoms with van der Waals surface area (Å²) in [5.74, 6) is 2.15. The van der Waals surface area contributed by atoms with E-state index in [9.17, 15) is 4.79 Å². The van der Waals surface area contributed by atoms with Crippen LogP contribution in [0.1, 0.15) is 45.4 Å². The zero-order valence-corrected chi connectivity index (χ0v) is 12.7. The third kappa shape index (κ3) is 6.64. The van der Waals surface area contributed by atoms with Crippen molar-refractivity contribution in [2.24, 2.45) is 0 Å². The maximum absolute atomic E-state index is 11.9. The van der Waals surface area contributed by atoms with Crippen LogP contribution in [0.25, 0.3) is 0 Å². The van der Waals surface area contributed by atoms with E-state index in [4.69, 9.17) is 0 Å². The van der Waals surface area contributed by atoms with Crippen molar-refractivity contribution in [3.05, 3.63) is 0 Å². The van der Waals surface area contributed by atoms with Crippen LogP contribution in [0.3, 0.4) is 0 Å². The summed E-state index contributed by atoms with van der Waals surface area (Å²) in [6.07, 6.45) is 7.39. The summed E-state index contributed by atoms with van der Waals surface area (Å²) in [6, 6.07) is 0.616. The van der Waals surface area contributed by atoms with E-state index in [0.29, 0.717) is 17.7 Å². The third-order valence-electron chi connectivity index (χ3n) is 3.60. The molecule has 0 saturated carbocycles. The van der Waals surface area contributed by atoms with Crippen molar-refractivity contribution in [3.8, 4) is 0 Å². The van der Waals surface area contributed by atoms with Gasteiger partial charge in [-0.2, -0.15) is 11.8 Å². The SMILES string of the molecule is CNC(C)CCCCSCC(=O)N1CCCCC1. The molecule has 1 aliphatic heterocycles. The highest BCUT2D eigenvalue weighted by Crippen LogP contribution is 2.12. The summed E-state index contributed by atoms with van der Waals surface area (Å²) in [7, 11) is 2.01. The van der Waals surface area contributed by atoms with Gasteiger partial charge in [0.15, 0.2) is 0 Å². The first-order valence-corrected chi connectivity index (χ1v) is 8.42. The number of piperidine rings is 1. The van der Waals surface area contributed by atoms with Gasteiger partial charge in [-0.15, -0.1) is 0 Å². The molecule has 3 nitrogen and oxygen atoms in total. The van der Waals surface area contributed by atoms with Gasteiger partial charge in [0.05, 0.1) is 5.75 Å². The molecule has 0 aromatic carbocycles. The molecule has 0 bridgehead atoms. The lowest BCUT2D eigenvalue weighted by atomic mass is 10.1. The average molecular weight is 272 g/mol. The van der Waals surface area contributed by atoms with Crippen LogP contribution < -0.4 is 5.32 Å². The van der Waals surface area contributed by atoms with Crippen LogP contribution in [0.5, 0.6) is 0 Å². The second kappa shape index (κ2) is 9.68. The lowest BCUT2D eigenvalue weighted by molar-refractivity contribution is -0.129. The van der Waals surface area contributed by atoms with E-state index in [0.717, 1.165) is 18.8 Å². The number of thioether (sulfide) groups is 1. The third-order valence-corrected chi connectivity index (χ3v) is 4.63. The maximum atomic E-state index is 11.9. The second-order valence-corrected chi connectivity index (χ2v) is 6.28. The molecule has 1 unspecified atom stereocenters. The van der Waals surface area contributed by atoms with Gasteiger partial charge in [0, 0.05) is 19.1 Å². The van der Waals surface area contributed by atoms with Gasteiger partial charge in [0.2, 0.25) is 5.91 Å². The quantitative estimate of drug-likeness (QED) is 0.689. The number of nitrogens with zero attached hydrogens (tertiary/aromatic N) is 1. The van der Waals surface area contributed by atoms with Gasteiger partial charge in [-0.05, 0) is 51.8 Å². The van der Waals surface area contributed by atoms with Gasteiger partial charge in [-0.3, -0.25) is 4.79 Å². The van der Waals surface area contributed by atoms with E-state index in [1.54, 1.807) is 11.8 Å². The van der Waals surface area contributed by atoms with E-state index in [2.05, 4.69) is 12.2 Å². The molecular formula is C14H28N2OS. The Morgan fingerprint density at radius 2 is 2.00 bits per heavy atom. The number of unbranched alkanes of at least 4 members (excludes halogenated alkanes) is 1. The number of hydrogen-bond donors (Lipinski definition) is 1. The molecule has 1 N–H and O–H groups in total. The van der Waals surface area contributed by atoms with Crippen molar-refractivity contribution in [2.45, 2.75) is 51.5 Å². The number of likely N-dealkylation sites (tertiary alicyclic amines) is 1. The second-order valence-electron chi connectivity index (χ2n) is 5.18. The fourth-order valence-electron chi connectivity index (χ4n) is 2.19. The number of nitrogens with one attached hydrogen (secondary N) is 1. The molecule has 1 amide bonds. The molecule has 1 heterocycles. The summed E-state index contributed by atoms with van der Waals surface area (Å²) in [5, 5.41) is 3.25. The molecular weight excluding hydrogens is 244 g/mol. The van der Waals surface area contributed by atoms with Gasteiger partial charge in [-0.1, -0.05) is 6.42 Å². The molecule has 4 heteroatoms. The Kier molecular flexibility index (Phi) is 8.51. The van der Waals surface area contributed by atoms with Gasteiger partial charge in [0.1, 0.15) is 0 Å². The van der Waals surface area contributed by atoms with Crippen LogP contribution in [0.2, 0.25) is 0 Å². The molecule has 0 aliphatic carbocycles. The highest BCUT2D eigenvalue weighted by Gasteiger charge is 2.15. The Morgan fingerprint density at radius 3 is 2.67 bits per heavy atom. The van der Waals surface area contributed by atoms with Crippen LogP contribution in [0, 0.1) is 0 Å². The van der Waals surface area contributed by atoms with Crippen molar-refractivity contribution in [1.82, 2.24) is 10.2 Å².